The summed E-state index contributed by atoms with van der Waals surface area (Å²) in [5, 5.41) is 14.4. The largest absolute Gasteiger partial charge is 0.493 e. The topological polar surface area (TPSA) is 108 Å². The number of piperazine rings is 1. The number of nitrogens with one attached hydrogen (secondary N) is 1. The minimum absolute atomic E-state index is 0.208. The van der Waals surface area contributed by atoms with Gasteiger partial charge in [-0.05, 0) is 32.0 Å². The number of aromatic amines is 1. The Balaban J connectivity index is 1.39. The second kappa shape index (κ2) is 11.3. The van der Waals surface area contributed by atoms with Gasteiger partial charge in [0.1, 0.15) is 22.0 Å². The standard InChI is InChI=1S/C27H37N9O2S/c1-7-33(8-2)15-21(37)34-9-11-35(12-10-34)27-18(5)30-26(39-27)24-22(17(3)4)23(31-32-24)19-13-20(38-6)25-28-16-29-36(25)14-19/h13-14,16-17H,7-12,15H2,1-6H3,(H,31,32). The van der Waals surface area contributed by atoms with Crippen LogP contribution in [0.1, 0.15) is 44.9 Å². The maximum Gasteiger partial charge on any atom is 0.236 e. The van der Waals surface area contributed by atoms with Crippen LogP contribution in [0.5, 0.6) is 5.75 Å². The van der Waals surface area contributed by atoms with E-state index in [1.807, 2.05) is 17.2 Å². The first-order chi connectivity index (χ1) is 18.8. The number of nitrogens with zero attached hydrogens (tertiary/aromatic N) is 8. The third kappa shape index (κ3) is 5.22. The van der Waals surface area contributed by atoms with Gasteiger partial charge < -0.3 is 14.5 Å². The Hall–Kier alpha value is -3.51. The molecule has 0 bridgehead atoms. The van der Waals surface area contributed by atoms with Crippen LogP contribution in [0.2, 0.25) is 0 Å². The van der Waals surface area contributed by atoms with Crippen molar-refractivity contribution in [1.29, 1.82) is 0 Å². The van der Waals surface area contributed by atoms with E-state index in [1.165, 1.54) is 6.33 Å². The lowest BCUT2D eigenvalue weighted by atomic mass is 9.97. The molecule has 0 radical (unpaired) electrons. The van der Waals surface area contributed by atoms with Crippen LogP contribution in [0.15, 0.2) is 18.6 Å². The summed E-state index contributed by atoms with van der Waals surface area (Å²) in [5.41, 5.74) is 5.47. The molecule has 1 fully saturated rings. The van der Waals surface area contributed by atoms with Gasteiger partial charge in [0.15, 0.2) is 11.4 Å². The summed E-state index contributed by atoms with van der Waals surface area (Å²) in [6, 6.07) is 1.97. The lowest BCUT2D eigenvalue weighted by Gasteiger charge is -2.36. The number of rotatable bonds is 9. The van der Waals surface area contributed by atoms with E-state index >= 15 is 0 Å². The number of pyridine rings is 1. The zero-order chi connectivity index (χ0) is 27.7. The number of aryl methyl sites for hydroxylation is 1. The number of methoxy groups -OCH3 is 1. The molecule has 5 heterocycles. The first-order valence-electron chi connectivity index (χ1n) is 13.5. The minimum atomic E-state index is 0.208. The Bertz CT molecular complexity index is 1440. The molecule has 5 rings (SSSR count). The summed E-state index contributed by atoms with van der Waals surface area (Å²) >= 11 is 1.67. The lowest BCUT2D eigenvalue weighted by Crippen LogP contribution is -2.51. The number of fused-ring (bicyclic) bond motifs is 1. The number of likely N-dealkylation sites (N-methyl/N-ethyl adjacent to an activating group) is 1. The number of amides is 1. The van der Waals surface area contributed by atoms with E-state index in [2.05, 4.69) is 59.6 Å². The van der Waals surface area contributed by atoms with E-state index in [9.17, 15) is 4.79 Å². The first-order valence-corrected chi connectivity index (χ1v) is 14.3. The number of ether oxygens (including phenoxy) is 1. The summed E-state index contributed by atoms with van der Waals surface area (Å²) in [7, 11) is 1.64. The Kier molecular flexibility index (Phi) is 7.85. The van der Waals surface area contributed by atoms with Gasteiger partial charge in [0.05, 0.1) is 25.0 Å². The van der Waals surface area contributed by atoms with Gasteiger partial charge in [-0.1, -0.05) is 39.0 Å². The number of aromatic nitrogens is 6. The van der Waals surface area contributed by atoms with Crippen LogP contribution < -0.4 is 9.64 Å². The Morgan fingerprint density at radius 3 is 2.62 bits per heavy atom. The molecule has 0 atom stereocenters. The highest BCUT2D eigenvalue weighted by Crippen LogP contribution is 2.41. The predicted octanol–water partition coefficient (Wildman–Crippen LogP) is 3.67. The molecule has 1 aliphatic rings. The summed E-state index contributed by atoms with van der Waals surface area (Å²) in [6.45, 7) is 15.9. The molecule has 0 saturated carbocycles. The molecule has 1 amide bonds. The van der Waals surface area contributed by atoms with Gasteiger partial charge in [0.25, 0.3) is 0 Å². The number of anilines is 1. The molecule has 1 saturated heterocycles. The van der Waals surface area contributed by atoms with Crippen molar-refractivity contribution in [2.24, 2.45) is 0 Å². The van der Waals surface area contributed by atoms with Crippen molar-refractivity contribution in [3.8, 4) is 27.7 Å². The molecular weight excluding hydrogens is 514 g/mol. The molecule has 39 heavy (non-hydrogen) atoms. The van der Waals surface area contributed by atoms with Crippen LogP contribution in [0.4, 0.5) is 5.00 Å². The van der Waals surface area contributed by atoms with E-state index in [4.69, 9.17) is 14.8 Å². The summed E-state index contributed by atoms with van der Waals surface area (Å²) in [5.74, 6) is 1.07. The first kappa shape index (κ1) is 27.1. The number of carbonyl (C=O) groups is 1. The zero-order valence-corrected chi connectivity index (χ0v) is 24.4. The van der Waals surface area contributed by atoms with Crippen molar-refractivity contribution < 1.29 is 9.53 Å². The Morgan fingerprint density at radius 1 is 1.21 bits per heavy atom. The fraction of sp³-hybridized carbons (Fsp3) is 0.519. The van der Waals surface area contributed by atoms with Crippen LogP contribution in [0.25, 0.3) is 27.6 Å². The van der Waals surface area contributed by atoms with Crippen molar-refractivity contribution in [1.82, 2.24) is 39.6 Å². The molecule has 11 nitrogen and oxygen atoms in total. The Morgan fingerprint density at radius 2 is 1.95 bits per heavy atom. The molecule has 0 unspecified atom stereocenters. The number of hydrogen-bond acceptors (Lipinski definition) is 9. The minimum Gasteiger partial charge on any atom is -0.493 e. The summed E-state index contributed by atoms with van der Waals surface area (Å²) in [6.07, 6.45) is 3.46. The van der Waals surface area contributed by atoms with Gasteiger partial charge in [-0.15, -0.1) is 0 Å². The third-order valence-electron chi connectivity index (χ3n) is 7.38. The quantitative estimate of drug-likeness (QED) is 0.336. The van der Waals surface area contributed by atoms with Crippen molar-refractivity contribution in [3.05, 3.63) is 29.8 Å². The maximum atomic E-state index is 12.8. The van der Waals surface area contributed by atoms with Crippen LogP contribution in [0, 0.1) is 6.92 Å². The highest BCUT2D eigenvalue weighted by Gasteiger charge is 2.27. The third-order valence-corrected chi connectivity index (χ3v) is 8.60. The van der Waals surface area contributed by atoms with Crippen LogP contribution >= 0.6 is 11.3 Å². The average Bonchev–Trinajstić information content (AvgIpc) is 3.69. The van der Waals surface area contributed by atoms with E-state index in [1.54, 1.807) is 23.0 Å². The van der Waals surface area contributed by atoms with Crippen molar-refractivity contribution in [2.75, 3.05) is 57.8 Å². The summed E-state index contributed by atoms with van der Waals surface area (Å²) in [4.78, 5) is 28.5. The molecule has 12 heteroatoms. The molecule has 1 aliphatic heterocycles. The SMILES string of the molecule is CCN(CC)CC(=O)N1CCN(c2sc(-c3n[nH]c(-c4cc(OC)c5ncnn5c4)c3C(C)C)nc2C)CC1. The Labute approximate surface area is 232 Å². The van der Waals surface area contributed by atoms with Crippen molar-refractivity contribution in [2.45, 2.75) is 40.5 Å². The van der Waals surface area contributed by atoms with Crippen LogP contribution in [-0.2, 0) is 4.79 Å². The number of thiazole rings is 1. The molecular formula is C27H37N9O2S. The molecule has 1 N–H and O–H groups in total. The second-order valence-electron chi connectivity index (χ2n) is 10.1. The average molecular weight is 552 g/mol. The van der Waals surface area contributed by atoms with Crippen molar-refractivity contribution >= 4 is 27.9 Å². The highest BCUT2D eigenvalue weighted by atomic mass is 32.1. The maximum absolute atomic E-state index is 12.8. The van der Waals surface area contributed by atoms with E-state index in [0.717, 1.165) is 77.5 Å². The molecule has 4 aromatic rings. The van der Waals surface area contributed by atoms with E-state index in [-0.39, 0.29) is 11.8 Å². The second-order valence-corrected chi connectivity index (χ2v) is 11.1. The van der Waals surface area contributed by atoms with E-state index < -0.39 is 0 Å². The highest BCUT2D eigenvalue weighted by molar-refractivity contribution is 7.19. The number of H-pyrrole nitrogens is 1. The van der Waals surface area contributed by atoms with Crippen molar-refractivity contribution in [3.63, 3.8) is 0 Å². The fourth-order valence-electron chi connectivity index (χ4n) is 5.16. The molecule has 208 valence electrons. The predicted molar refractivity (Wildman–Crippen MR) is 154 cm³/mol. The van der Waals surface area contributed by atoms with Gasteiger partial charge in [0.2, 0.25) is 5.91 Å². The molecule has 0 aromatic carbocycles. The molecule has 4 aromatic heterocycles. The van der Waals surface area contributed by atoms with Gasteiger partial charge in [-0.3, -0.25) is 14.8 Å². The zero-order valence-electron chi connectivity index (χ0n) is 23.6. The van der Waals surface area contributed by atoms with E-state index in [0.29, 0.717) is 17.9 Å². The van der Waals surface area contributed by atoms with Gasteiger partial charge in [-0.2, -0.15) is 10.2 Å². The molecule has 0 aliphatic carbocycles. The smallest absolute Gasteiger partial charge is 0.236 e. The fourth-order valence-corrected chi connectivity index (χ4v) is 6.28. The lowest BCUT2D eigenvalue weighted by molar-refractivity contribution is -0.132. The number of hydrogen-bond donors (Lipinski definition) is 1. The van der Waals surface area contributed by atoms with Crippen LogP contribution in [-0.4, -0.2) is 98.4 Å². The number of carbonyl (C=O) groups excluding carboxylic acids is 1. The van der Waals surface area contributed by atoms with Gasteiger partial charge in [0, 0.05) is 43.5 Å². The molecule has 0 spiro atoms. The monoisotopic (exact) mass is 551 g/mol. The van der Waals surface area contributed by atoms with Gasteiger partial charge >= 0.3 is 0 Å². The normalized spacial score (nSPS) is 14.3. The van der Waals surface area contributed by atoms with Crippen LogP contribution in [0.3, 0.4) is 0 Å². The summed E-state index contributed by atoms with van der Waals surface area (Å²) < 4.78 is 7.30. The van der Waals surface area contributed by atoms with Gasteiger partial charge in [-0.25, -0.2) is 14.5 Å².